The number of nitrogens with one attached hydrogen (secondary N) is 1. The number of aromatic nitrogens is 2. The Labute approximate surface area is 195 Å². The molecule has 0 atom stereocenters. The highest BCUT2D eigenvalue weighted by atomic mass is 32.2. The van der Waals surface area contributed by atoms with Crippen LogP contribution in [0.2, 0.25) is 0 Å². The highest BCUT2D eigenvalue weighted by Gasteiger charge is 2.36. The van der Waals surface area contributed by atoms with Crippen molar-refractivity contribution in [2.75, 3.05) is 19.0 Å². The second-order valence-corrected chi connectivity index (χ2v) is 8.39. The van der Waals surface area contributed by atoms with Gasteiger partial charge < -0.3 is 14.6 Å². The van der Waals surface area contributed by atoms with E-state index in [1.54, 1.807) is 43.6 Å². The number of anilines is 1. The molecular formula is C24H22N4O4S. The third-order valence-corrected chi connectivity index (χ3v) is 6.09. The van der Waals surface area contributed by atoms with Crippen molar-refractivity contribution < 1.29 is 19.1 Å². The van der Waals surface area contributed by atoms with Crippen LogP contribution >= 0.6 is 11.8 Å². The molecule has 0 bridgehead atoms. The van der Waals surface area contributed by atoms with Gasteiger partial charge in [-0.3, -0.25) is 19.3 Å². The van der Waals surface area contributed by atoms with E-state index in [9.17, 15) is 14.4 Å². The molecule has 2 aromatic heterocycles. The van der Waals surface area contributed by atoms with E-state index in [0.29, 0.717) is 11.4 Å². The van der Waals surface area contributed by atoms with Crippen molar-refractivity contribution in [1.29, 1.82) is 0 Å². The van der Waals surface area contributed by atoms with E-state index in [-0.39, 0.29) is 11.4 Å². The molecule has 0 radical (unpaired) electrons. The van der Waals surface area contributed by atoms with Crippen LogP contribution in [0.4, 0.5) is 10.5 Å². The molecule has 1 aliphatic heterocycles. The number of hydrogen-bond acceptors (Lipinski definition) is 6. The lowest BCUT2D eigenvalue weighted by Gasteiger charge is -2.12. The van der Waals surface area contributed by atoms with E-state index in [1.165, 1.54) is 0 Å². The molecule has 9 heteroatoms. The Morgan fingerprint density at radius 2 is 1.91 bits per heavy atom. The molecule has 0 saturated carbocycles. The third-order valence-electron chi connectivity index (χ3n) is 5.18. The monoisotopic (exact) mass is 462 g/mol. The molecule has 168 valence electrons. The van der Waals surface area contributed by atoms with Crippen LogP contribution in [0.15, 0.2) is 59.6 Å². The van der Waals surface area contributed by atoms with E-state index in [0.717, 1.165) is 39.4 Å². The molecule has 3 aromatic rings. The summed E-state index contributed by atoms with van der Waals surface area (Å²) in [6, 6.07) is 14.4. The summed E-state index contributed by atoms with van der Waals surface area (Å²) < 4.78 is 7.07. The average molecular weight is 463 g/mol. The lowest BCUT2D eigenvalue weighted by Crippen LogP contribution is -2.36. The van der Waals surface area contributed by atoms with Crippen LogP contribution in [0.25, 0.3) is 11.9 Å². The van der Waals surface area contributed by atoms with E-state index >= 15 is 0 Å². The molecule has 1 N–H and O–H groups in total. The second-order valence-electron chi connectivity index (χ2n) is 7.39. The van der Waals surface area contributed by atoms with Gasteiger partial charge in [0, 0.05) is 23.3 Å². The number of carbonyl (C=O) groups excluding carboxylic acids is 3. The predicted octanol–water partition coefficient (Wildman–Crippen LogP) is 4.17. The van der Waals surface area contributed by atoms with Gasteiger partial charge >= 0.3 is 0 Å². The predicted molar refractivity (Wildman–Crippen MR) is 127 cm³/mol. The molecule has 1 saturated heterocycles. The first kappa shape index (κ1) is 22.3. The summed E-state index contributed by atoms with van der Waals surface area (Å²) in [7, 11) is 1.55. The summed E-state index contributed by atoms with van der Waals surface area (Å²) >= 11 is 0.827. The lowest BCUT2D eigenvalue weighted by atomic mass is 10.2. The highest BCUT2D eigenvalue weighted by molar-refractivity contribution is 8.18. The summed E-state index contributed by atoms with van der Waals surface area (Å²) in [5, 5.41) is 2.21. The Bertz CT molecular complexity index is 1250. The minimum Gasteiger partial charge on any atom is -0.497 e. The van der Waals surface area contributed by atoms with Crippen LogP contribution < -0.4 is 10.1 Å². The van der Waals surface area contributed by atoms with Crippen molar-refractivity contribution >= 4 is 40.6 Å². The van der Waals surface area contributed by atoms with Crippen LogP contribution in [0.3, 0.4) is 0 Å². The normalized spacial score (nSPS) is 14.8. The number of pyridine rings is 1. The molecule has 3 amide bonds. The first-order valence-electron chi connectivity index (χ1n) is 10.2. The molecule has 1 aromatic carbocycles. The number of amides is 3. The molecule has 0 aliphatic carbocycles. The first-order chi connectivity index (χ1) is 15.9. The highest BCUT2D eigenvalue weighted by Crippen LogP contribution is 2.33. The van der Waals surface area contributed by atoms with Crippen LogP contribution in [0, 0.1) is 13.8 Å². The lowest BCUT2D eigenvalue weighted by molar-refractivity contribution is -0.127. The summed E-state index contributed by atoms with van der Waals surface area (Å²) in [5.74, 6) is 0.483. The molecule has 33 heavy (non-hydrogen) atoms. The van der Waals surface area contributed by atoms with Crippen molar-refractivity contribution in [2.24, 2.45) is 0 Å². The van der Waals surface area contributed by atoms with Crippen molar-refractivity contribution in [3.05, 3.63) is 76.6 Å². The molecule has 4 rings (SSSR count). The fourth-order valence-corrected chi connectivity index (χ4v) is 4.40. The molecule has 0 unspecified atom stereocenters. The number of carbonyl (C=O) groups is 3. The maximum atomic E-state index is 12.9. The number of ether oxygens (including phenoxy) is 1. The van der Waals surface area contributed by atoms with E-state index < -0.39 is 17.1 Å². The van der Waals surface area contributed by atoms with E-state index in [2.05, 4.69) is 10.3 Å². The number of rotatable bonds is 6. The Morgan fingerprint density at radius 1 is 1.15 bits per heavy atom. The minimum absolute atomic E-state index is 0.276. The first-order valence-corrected chi connectivity index (χ1v) is 11.0. The molecule has 0 spiro atoms. The van der Waals surface area contributed by atoms with Gasteiger partial charge in [0.2, 0.25) is 5.91 Å². The van der Waals surface area contributed by atoms with Crippen LogP contribution in [-0.2, 0) is 9.59 Å². The summed E-state index contributed by atoms with van der Waals surface area (Å²) in [6.45, 7) is 3.52. The van der Waals surface area contributed by atoms with Crippen LogP contribution in [0.5, 0.6) is 5.75 Å². The van der Waals surface area contributed by atoms with Crippen LogP contribution in [-0.4, -0.2) is 45.2 Å². The SMILES string of the molecule is COc1ccc(NC(=O)CN2C(=O)S/C(=C/c3cc(C)n(-c4ccccn4)c3C)C2=O)cc1. The Balaban J connectivity index is 1.49. The Kier molecular flexibility index (Phi) is 6.32. The number of imide groups is 1. The minimum atomic E-state index is -0.488. The largest absolute Gasteiger partial charge is 0.497 e. The summed E-state index contributed by atoms with van der Waals surface area (Å²) in [6.07, 6.45) is 3.41. The molecular weight excluding hydrogens is 440 g/mol. The summed E-state index contributed by atoms with van der Waals surface area (Å²) in [4.78, 5) is 43.3. The zero-order valence-electron chi connectivity index (χ0n) is 18.4. The number of methoxy groups -OCH3 is 1. The number of nitrogens with zero attached hydrogens (tertiary/aromatic N) is 3. The van der Waals surface area contributed by atoms with Gasteiger partial charge in [-0.25, -0.2) is 4.98 Å². The van der Waals surface area contributed by atoms with Crippen molar-refractivity contribution in [3.8, 4) is 11.6 Å². The van der Waals surface area contributed by atoms with Gasteiger partial charge in [0.25, 0.3) is 11.1 Å². The second kappa shape index (κ2) is 9.33. The van der Waals surface area contributed by atoms with Gasteiger partial charge in [-0.2, -0.15) is 0 Å². The molecule has 1 aliphatic rings. The number of aryl methyl sites for hydroxylation is 1. The number of hydrogen-bond donors (Lipinski definition) is 1. The maximum absolute atomic E-state index is 12.9. The fourth-order valence-electron chi connectivity index (χ4n) is 3.57. The van der Waals surface area contributed by atoms with Crippen LogP contribution in [0.1, 0.15) is 17.0 Å². The van der Waals surface area contributed by atoms with Gasteiger partial charge in [0.05, 0.1) is 12.0 Å². The van der Waals surface area contributed by atoms with E-state index in [4.69, 9.17) is 4.74 Å². The summed E-state index contributed by atoms with van der Waals surface area (Å²) in [5.41, 5.74) is 3.21. The zero-order valence-corrected chi connectivity index (χ0v) is 19.2. The average Bonchev–Trinajstić information content (AvgIpc) is 3.24. The van der Waals surface area contributed by atoms with Crippen molar-refractivity contribution in [1.82, 2.24) is 14.5 Å². The quantitative estimate of drug-likeness (QED) is 0.553. The topological polar surface area (TPSA) is 93.5 Å². The fraction of sp³-hybridized carbons (Fsp3) is 0.167. The number of thioether (sulfide) groups is 1. The Morgan fingerprint density at radius 3 is 2.58 bits per heavy atom. The molecule has 8 nitrogen and oxygen atoms in total. The third kappa shape index (κ3) is 4.68. The number of benzene rings is 1. The smallest absolute Gasteiger partial charge is 0.294 e. The standard InChI is InChI=1S/C24H22N4O4S/c1-15-12-17(16(2)28(15)21-6-4-5-11-25-21)13-20-23(30)27(24(31)33-20)14-22(29)26-18-7-9-19(32-3)10-8-18/h4-13H,14H2,1-3H3,(H,26,29)/b20-13+. The molecule has 1 fully saturated rings. The van der Waals surface area contributed by atoms with Gasteiger partial charge in [0.15, 0.2) is 0 Å². The Hall–Kier alpha value is -3.85. The van der Waals surface area contributed by atoms with Gasteiger partial charge in [-0.05, 0) is 79.7 Å². The van der Waals surface area contributed by atoms with E-state index in [1.807, 2.05) is 42.7 Å². The maximum Gasteiger partial charge on any atom is 0.294 e. The zero-order chi connectivity index (χ0) is 23.5. The van der Waals surface area contributed by atoms with Gasteiger partial charge in [-0.1, -0.05) is 6.07 Å². The van der Waals surface area contributed by atoms with Gasteiger partial charge in [-0.15, -0.1) is 0 Å². The molecule has 3 heterocycles. The van der Waals surface area contributed by atoms with Crippen molar-refractivity contribution in [3.63, 3.8) is 0 Å². The van der Waals surface area contributed by atoms with Crippen molar-refractivity contribution in [2.45, 2.75) is 13.8 Å². The van der Waals surface area contributed by atoms with Gasteiger partial charge in [0.1, 0.15) is 18.1 Å².